The number of carbonyl (C=O) groups is 1. The molecule has 0 spiro atoms. The van der Waals surface area contributed by atoms with Gasteiger partial charge in [-0.15, -0.1) is 0 Å². The van der Waals surface area contributed by atoms with Gasteiger partial charge in [0.05, 0.1) is 30.8 Å². The average molecular weight is 581 g/mol. The zero-order chi connectivity index (χ0) is 29.8. The molecule has 0 radical (unpaired) electrons. The monoisotopic (exact) mass is 580 g/mol. The van der Waals surface area contributed by atoms with Crippen molar-refractivity contribution in [1.82, 2.24) is 16.0 Å². The molecule has 1 aliphatic carbocycles. The van der Waals surface area contributed by atoms with Gasteiger partial charge in [0.2, 0.25) is 0 Å². The third-order valence-electron chi connectivity index (χ3n) is 7.87. The number of amides is 1. The number of ether oxygens (including phenoxy) is 4. The zero-order valence-corrected chi connectivity index (χ0v) is 23.3. The smallest absolute Gasteiger partial charge is 0.251 e. The molecular weight excluding hydrogens is 532 g/mol. The van der Waals surface area contributed by atoms with Crippen LogP contribution in [-0.4, -0.2) is 150 Å². The molecule has 3 rings (SSSR count). The van der Waals surface area contributed by atoms with Crippen LogP contribution in [0.2, 0.25) is 0 Å². The Labute approximate surface area is 233 Å². The molecule has 3 aliphatic rings. The number of rotatable bonds is 11. The SMILES string of the molecule is CNC[C@@H]1CCC(N)[C@@H](OC2C(O)C(O[C@H]3OCC(C)(O)[C@H](NC)C3O)[C@H](NC(=O)[C@@H](O)C(O)CN)C[C@@H]2N)O1. The van der Waals surface area contributed by atoms with Crippen molar-refractivity contribution in [3.05, 3.63) is 0 Å². The Morgan fingerprint density at radius 1 is 1.07 bits per heavy atom. The molecule has 1 amide bonds. The van der Waals surface area contributed by atoms with Crippen molar-refractivity contribution in [3.8, 4) is 0 Å². The summed E-state index contributed by atoms with van der Waals surface area (Å²) in [5.74, 6) is -0.955. The standard InChI is InChI=1S/C24H48N6O10/c1-24(36)9-37-23(17(34)20(24)29-3)40-19-13(30-21(35)15(32)14(31)7-25)6-12(27)18(16(19)33)39-22-11(26)5-4-10(38-22)8-28-2/h10-20,22-23,28-29,31-34,36H,4-9,25-27H2,1-3H3,(H,30,35)/t10-,11?,12-,13+,14?,15-,16?,17?,18?,19?,20+,22+,23+,24?/m0/s1. The molecule has 0 aromatic carbocycles. The summed E-state index contributed by atoms with van der Waals surface area (Å²) in [4.78, 5) is 12.7. The van der Waals surface area contributed by atoms with E-state index in [1.54, 1.807) is 14.1 Å². The molecule has 234 valence electrons. The normalized spacial score (nSPS) is 44.1. The Morgan fingerprint density at radius 2 is 1.75 bits per heavy atom. The first kappa shape index (κ1) is 33.4. The first-order valence-corrected chi connectivity index (χ1v) is 13.7. The highest BCUT2D eigenvalue weighted by atomic mass is 16.7. The van der Waals surface area contributed by atoms with E-state index < -0.39 is 84.9 Å². The zero-order valence-electron chi connectivity index (χ0n) is 23.3. The summed E-state index contributed by atoms with van der Waals surface area (Å²) in [7, 11) is 3.36. The van der Waals surface area contributed by atoms with Crippen LogP contribution in [0.4, 0.5) is 0 Å². The fraction of sp³-hybridized carbons (Fsp3) is 0.958. The molecule has 1 saturated carbocycles. The second-order valence-electron chi connectivity index (χ2n) is 11.2. The fourth-order valence-corrected chi connectivity index (χ4v) is 5.57. The molecule has 40 heavy (non-hydrogen) atoms. The van der Waals surface area contributed by atoms with Gasteiger partial charge >= 0.3 is 0 Å². The van der Waals surface area contributed by atoms with Crippen molar-refractivity contribution >= 4 is 5.91 Å². The number of aliphatic hydroxyl groups excluding tert-OH is 4. The van der Waals surface area contributed by atoms with E-state index in [0.29, 0.717) is 13.0 Å². The number of nitrogens with one attached hydrogen (secondary N) is 3. The maximum Gasteiger partial charge on any atom is 0.251 e. The van der Waals surface area contributed by atoms with Crippen LogP contribution in [-0.2, 0) is 23.7 Å². The van der Waals surface area contributed by atoms with Gasteiger partial charge in [0, 0.05) is 19.1 Å². The predicted molar refractivity (Wildman–Crippen MR) is 140 cm³/mol. The second kappa shape index (κ2) is 14.4. The number of likely N-dealkylation sites (N-methyl/N-ethyl adjacent to an activating group) is 2. The van der Waals surface area contributed by atoms with Crippen LogP contribution in [0.1, 0.15) is 26.2 Å². The van der Waals surface area contributed by atoms with Crippen molar-refractivity contribution < 1.29 is 49.3 Å². The van der Waals surface area contributed by atoms with Gasteiger partial charge in [0.15, 0.2) is 18.7 Å². The molecular formula is C24H48N6O10. The third-order valence-corrected chi connectivity index (χ3v) is 7.87. The van der Waals surface area contributed by atoms with Gasteiger partial charge in [-0.3, -0.25) is 4.79 Å². The van der Waals surface area contributed by atoms with Crippen LogP contribution in [0, 0.1) is 0 Å². The minimum absolute atomic E-state index is 0.0153. The first-order chi connectivity index (χ1) is 18.8. The first-order valence-electron chi connectivity index (χ1n) is 13.7. The molecule has 0 bridgehead atoms. The molecule has 2 saturated heterocycles. The molecule has 2 aliphatic heterocycles. The number of hydrogen-bond donors (Lipinski definition) is 11. The summed E-state index contributed by atoms with van der Waals surface area (Å²) in [6.07, 6.45) is -9.48. The quantitative estimate of drug-likeness (QED) is 0.109. The number of aliphatic hydroxyl groups is 5. The lowest BCUT2D eigenvalue weighted by molar-refractivity contribution is -0.307. The summed E-state index contributed by atoms with van der Waals surface area (Å²) >= 11 is 0. The number of nitrogens with two attached hydrogens (primary N) is 3. The van der Waals surface area contributed by atoms with E-state index in [2.05, 4.69) is 16.0 Å². The van der Waals surface area contributed by atoms with Gasteiger partial charge < -0.3 is 77.6 Å². The molecule has 7 unspecified atom stereocenters. The Balaban J connectivity index is 1.82. The molecule has 16 heteroatoms. The minimum Gasteiger partial charge on any atom is -0.389 e. The summed E-state index contributed by atoms with van der Waals surface area (Å²) in [5.41, 5.74) is 16.6. The van der Waals surface area contributed by atoms with Gasteiger partial charge in [0.1, 0.15) is 36.1 Å². The number of hydrogen-bond acceptors (Lipinski definition) is 15. The van der Waals surface area contributed by atoms with Crippen molar-refractivity contribution in [2.75, 3.05) is 33.8 Å². The Hall–Kier alpha value is -1.09. The highest BCUT2D eigenvalue weighted by Crippen LogP contribution is 2.32. The van der Waals surface area contributed by atoms with Crippen molar-refractivity contribution in [2.45, 2.75) is 111 Å². The van der Waals surface area contributed by atoms with E-state index in [0.717, 1.165) is 6.42 Å². The summed E-state index contributed by atoms with van der Waals surface area (Å²) in [6, 6.07) is -3.14. The minimum atomic E-state index is -1.84. The van der Waals surface area contributed by atoms with E-state index in [9.17, 15) is 30.3 Å². The van der Waals surface area contributed by atoms with Crippen molar-refractivity contribution in [1.29, 1.82) is 0 Å². The van der Waals surface area contributed by atoms with Crippen LogP contribution in [0.15, 0.2) is 0 Å². The maximum absolute atomic E-state index is 12.7. The maximum atomic E-state index is 12.7. The molecule has 14 atom stereocenters. The van der Waals surface area contributed by atoms with E-state index in [4.69, 9.17) is 36.1 Å². The lowest BCUT2D eigenvalue weighted by Crippen LogP contribution is -2.69. The van der Waals surface area contributed by atoms with Gasteiger partial charge in [-0.2, -0.15) is 0 Å². The topological polar surface area (TPSA) is 269 Å². The molecule has 2 heterocycles. The Morgan fingerprint density at radius 3 is 2.38 bits per heavy atom. The summed E-state index contributed by atoms with van der Waals surface area (Å²) in [5, 5.41) is 61.4. The van der Waals surface area contributed by atoms with Crippen LogP contribution in [0.25, 0.3) is 0 Å². The van der Waals surface area contributed by atoms with Gasteiger partial charge in [-0.05, 0) is 40.3 Å². The van der Waals surface area contributed by atoms with Crippen LogP contribution < -0.4 is 33.2 Å². The van der Waals surface area contributed by atoms with Crippen LogP contribution in [0.3, 0.4) is 0 Å². The van der Waals surface area contributed by atoms with E-state index >= 15 is 0 Å². The lowest BCUT2D eigenvalue weighted by atomic mass is 9.83. The summed E-state index contributed by atoms with van der Waals surface area (Å²) in [6.45, 7) is 1.52. The Bertz CT molecular complexity index is 814. The highest BCUT2D eigenvalue weighted by Gasteiger charge is 2.52. The molecule has 16 nitrogen and oxygen atoms in total. The van der Waals surface area contributed by atoms with E-state index in [-0.39, 0.29) is 25.7 Å². The van der Waals surface area contributed by atoms with Crippen molar-refractivity contribution in [2.24, 2.45) is 17.2 Å². The molecule has 0 aromatic heterocycles. The summed E-state index contributed by atoms with van der Waals surface area (Å²) < 4.78 is 23.8. The second-order valence-corrected chi connectivity index (χ2v) is 11.2. The lowest BCUT2D eigenvalue weighted by Gasteiger charge is -2.49. The molecule has 0 aromatic rings. The highest BCUT2D eigenvalue weighted by molar-refractivity contribution is 5.81. The largest absolute Gasteiger partial charge is 0.389 e. The van der Waals surface area contributed by atoms with Crippen molar-refractivity contribution in [3.63, 3.8) is 0 Å². The average Bonchev–Trinajstić information content (AvgIpc) is 2.90. The van der Waals surface area contributed by atoms with E-state index in [1.807, 2.05) is 0 Å². The van der Waals surface area contributed by atoms with Crippen LogP contribution in [0.5, 0.6) is 0 Å². The Kier molecular flexibility index (Phi) is 12.0. The third kappa shape index (κ3) is 7.64. The fourth-order valence-electron chi connectivity index (χ4n) is 5.57. The van der Waals surface area contributed by atoms with Gasteiger partial charge in [0.25, 0.3) is 5.91 Å². The van der Waals surface area contributed by atoms with Gasteiger partial charge in [-0.25, -0.2) is 0 Å². The van der Waals surface area contributed by atoms with Crippen LogP contribution >= 0.6 is 0 Å². The van der Waals surface area contributed by atoms with E-state index in [1.165, 1.54) is 6.92 Å². The predicted octanol–water partition coefficient (Wildman–Crippen LogP) is -5.88. The number of carbonyl (C=O) groups excluding carboxylic acids is 1. The van der Waals surface area contributed by atoms with Gasteiger partial charge in [-0.1, -0.05) is 0 Å². The molecule has 14 N–H and O–H groups in total. The molecule has 3 fully saturated rings.